The van der Waals surface area contributed by atoms with E-state index in [9.17, 15) is 4.79 Å². The molecule has 2 aromatic rings. The first-order valence-electron chi connectivity index (χ1n) is 8.16. The number of hydrogen-bond acceptors (Lipinski definition) is 5. The summed E-state index contributed by atoms with van der Waals surface area (Å²) in [5, 5.41) is 3.93. The van der Waals surface area contributed by atoms with E-state index in [1.807, 2.05) is 19.1 Å². The third-order valence-corrected chi connectivity index (χ3v) is 6.16. The normalized spacial score (nSPS) is 16.5. The Morgan fingerprint density at radius 2 is 2.11 bits per heavy atom. The van der Waals surface area contributed by atoms with Gasteiger partial charge in [-0.2, -0.15) is 0 Å². The molecule has 2 aromatic carbocycles. The maximum Gasteiger partial charge on any atom is 0.264 e. The molecule has 1 aliphatic heterocycles. The molecule has 0 aliphatic carbocycles. The lowest BCUT2D eigenvalue weighted by molar-refractivity contribution is -0.115. The second-order valence-corrected chi connectivity index (χ2v) is 8.50. The molecule has 0 bridgehead atoms. The number of methoxy groups -OCH3 is 1. The van der Waals surface area contributed by atoms with Gasteiger partial charge in [-0.05, 0) is 77.2 Å². The number of amidine groups is 1. The summed E-state index contributed by atoms with van der Waals surface area (Å²) >= 11 is 15.6. The summed E-state index contributed by atoms with van der Waals surface area (Å²) in [7, 11) is 1.58. The van der Waals surface area contributed by atoms with Crippen LogP contribution in [0.25, 0.3) is 6.08 Å². The molecule has 0 aromatic heterocycles. The first-order valence-corrected chi connectivity index (χ1v) is 10.8. The first kappa shape index (κ1) is 21.3. The van der Waals surface area contributed by atoms with E-state index in [1.165, 1.54) is 11.8 Å². The number of hydrogen-bond donors (Lipinski definition) is 1. The van der Waals surface area contributed by atoms with E-state index in [0.29, 0.717) is 43.9 Å². The Morgan fingerprint density at radius 1 is 1.32 bits per heavy atom. The number of benzene rings is 2. The summed E-state index contributed by atoms with van der Waals surface area (Å²) < 4.78 is 11.9. The van der Waals surface area contributed by atoms with Crippen LogP contribution in [0.3, 0.4) is 0 Å². The van der Waals surface area contributed by atoms with Crippen molar-refractivity contribution in [3.05, 3.63) is 54.4 Å². The number of nitrogens with zero attached hydrogens (tertiary/aromatic N) is 1. The van der Waals surface area contributed by atoms with Crippen LogP contribution in [0.15, 0.2) is 40.2 Å². The van der Waals surface area contributed by atoms with E-state index in [0.717, 1.165) is 9.13 Å². The van der Waals surface area contributed by atoms with Crippen molar-refractivity contribution in [3.63, 3.8) is 0 Å². The molecule has 1 amide bonds. The summed E-state index contributed by atoms with van der Waals surface area (Å²) in [6, 6.07) is 8.92. The predicted octanol–water partition coefficient (Wildman–Crippen LogP) is 5.90. The van der Waals surface area contributed by atoms with Crippen LogP contribution in [0.4, 0.5) is 5.69 Å². The fraction of sp³-hybridized carbons (Fsp3) is 0.158. The smallest absolute Gasteiger partial charge is 0.264 e. The minimum absolute atomic E-state index is 0.232. The molecular weight excluding hydrogens is 534 g/mol. The van der Waals surface area contributed by atoms with Crippen molar-refractivity contribution in [2.75, 3.05) is 13.7 Å². The van der Waals surface area contributed by atoms with Gasteiger partial charge in [0.15, 0.2) is 16.7 Å². The van der Waals surface area contributed by atoms with E-state index >= 15 is 0 Å². The fourth-order valence-electron chi connectivity index (χ4n) is 2.43. The Labute approximate surface area is 190 Å². The molecule has 0 spiro atoms. The number of aliphatic imine (C=N–C) groups is 1. The van der Waals surface area contributed by atoms with Crippen molar-refractivity contribution in [3.8, 4) is 11.5 Å². The maximum absolute atomic E-state index is 12.3. The van der Waals surface area contributed by atoms with E-state index in [-0.39, 0.29) is 5.91 Å². The number of ether oxygens (including phenoxy) is 2. The lowest BCUT2D eigenvalue weighted by Crippen LogP contribution is -2.19. The summed E-state index contributed by atoms with van der Waals surface area (Å²) in [6.45, 7) is 2.45. The molecule has 9 heteroatoms. The highest BCUT2D eigenvalue weighted by Gasteiger charge is 2.24. The number of halogens is 3. The zero-order valence-electron chi connectivity index (χ0n) is 14.9. The molecular formula is C19H15Cl2IN2O3S. The number of carbonyl (C=O) groups excluding carboxylic acids is 1. The third-order valence-electron chi connectivity index (χ3n) is 3.64. The SMILES string of the molecule is CCOc1c(I)cc(/C=C2/SC(=Nc3cccc(Cl)c3Cl)NC2=O)cc1OC. The van der Waals surface area contributed by atoms with Crippen molar-refractivity contribution in [1.29, 1.82) is 0 Å². The van der Waals surface area contributed by atoms with Crippen LogP contribution in [0.5, 0.6) is 11.5 Å². The van der Waals surface area contributed by atoms with Gasteiger partial charge in [-0.1, -0.05) is 29.3 Å². The van der Waals surface area contributed by atoms with E-state index in [2.05, 4.69) is 32.9 Å². The lowest BCUT2D eigenvalue weighted by Gasteiger charge is -2.12. The van der Waals surface area contributed by atoms with Gasteiger partial charge in [-0.15, -0.1) is 0 Å². The highest BCUT2D eigenvalue weighted by molar-refractivity contribution is 14.1. The third kappa shape index (κ3) is 4.76. The summed E-state index contributed by atoms with van der Waals surface area (Å²) in [4.78, 5) is 17.2. The molecule has 1 saturated heterocycles. The summed E-state index contributed by atoms with van der Waals surface area (Å²) in [5.74, 6) is 1.07. The number of rotatable bonds is 5. The van der Waals surface area contributed by atoms with Gasteiger partial charge in [0.25, 0.3) is 5.91 Å². The summed E-state index contributed by atoms with van der Waals surface area (Å²) in [6.07, 6.45) is 1.78. The first-order chi connectivity index (χ1) is 13.4. The zero-order valence-corrected chi connectivity index (χ0v) is 19.4. The Bertz CT molecular complexity index is 995. The maximum atomic E-state index is 12.3. The Kier molecular flexibility index (Phi) is 7.14. The minimum Gasteiger partial charge on any atom is -0.493 e. The zero-order chi connectivity index (χ0) is 20.3. The van der Waals surface area contributed by atoms with Gasteiger partial charge in [0.1, 0.15) is 0 Å². The van der Waals surface area contributed by atoms with Crippen LogP contribution >= 0.6 is 57.6 Å². The Morgan fingerprint density at radius 3 is 2.82 bits per heavy atom. The number of nitrogens with one attached hydrogen (secondary N) is 1. The molecule has 1 N–H and O–H groups in total. The average molecular weight is 549 g/mol. The van der Waals surface area contributed by atoms with Gasteiger partial charge in [-0.25, -0.2) is 4.99 Å². The predicted molar refractivity (Wildman–Crippen MR) is 124 cm³/mol. The molecule has 146 valence electrons. The summed E-state index contributed by atoms with van der Waals surface area (Å²) in [5.41, 5.74) is 1.32. The highest BCUT2D eigenvalue weighted by atomic mass is 127. The van der Waals surface area contributed by atoms with Crippen molar-refractivity contribution in [2.24, 2.45) is 4.99 Å². The van der Waals surface area contributed by atoms with E-state index in [4.69, 9.17) is 32.7 Å². The number of amides is 1. The second kappa shape index (κ2) is 9.39. The van der Waals surface area contributed by atoms with Crippen molar-refractivity contribution in [1.82, 2.24) is 5.32 Å². The van der Waals surface area contributed by atoms with Crippen LogP contribution in [-0.2, 0) is 4.79 Å². The molecule has 1 heterocycles. The van der Waals surface area contributed by atoms with Crippen molar-refractivity contribution >= 4 is 80.4 Å². The van der Waals surface area contributed by atoms with E-state index in [1.54, 1.807) is 31.4 Å². The highest BCUT2D eigenvalue weighted by Crippen LogP contribution is 2.37. The number of thioether (sulfide) groups is 1. The monoisotopic (exact) mass is 548 g/mol. The van der Waals surface area contributed by atoms with Crippen LogP contribution in [0.2, 0.25) is 10.0 Å². The van der Waals surface area contributed by atoms with Gasteiger partial charge in [-0.3, -0.25) is 4.79 Å². The van der Waals surface area contributed by atoms with Gasteiger partial charge >= 0.3 is 0 Å². The van der Waals surface area contributed by atoms with Gasteiger partial charge in [0.05, 0.1) is 37.9 Å². The largest absolute Gasteiger partial charge is 0.493 e. The van der Waals surface area contributed by atoms with Gasteiger partial charge < -0.3 is 14.8 Å². The van der Waals surface area contributed by atoms with Gasteiger partial charge in [0.2, 0.25) is 0 Å². The molecule has 1 aliphatic rings. The van der Waals surface area contributed by atoms with Crippen molar-refractivity contribution in [2.45, 2.75) is 6.92 Å². The van der Waals surface area contributed by atoms with Crippen molar-refractivity contribution < 1.29 is 14.3 Å². The molecule has 5 nitrogen and oxygen atoms in total. The topological polar surface area (TPSA) is 59.9 Å². The van der Waals surface area contributed by atoms with Crippen LogP contribution < -0.4 is 14.8 Å². The van der Waals surface area contributed by atoms with Gasteiger partial charge in [0, 0.05) is 0 Å². The minimum atomic E-state index is -0.232. The molecule has 0 unspecified atom stereocenters. The van der Waals surface area contributed by atoms with Crippen LogP contribution in [-0.4, -0.2) is 24.8 Å². The lowest BCUT2D eigenvalue weighted by atomic mass is 10.2. The van der Waals surface area contributed by atoms with Crippen LogP contribution in [0.1, 0.15) is 12.5 Å². The molecule has 1 fully saturated rings. The molecule has 0 radical (unpaired) electrons. The molecule has 28 heavy (non-hydrogen) atoms. The quantitative estimate of drug-likeness (QED) is 0.373. The second-order valence-electron chi connectivity index (χ2n) is 5.52. The molecule has 3 rings (SSSR count). The fourth-order valence-corrected chi connectivity index (χ4v) is 4.38. The molecule has 0 atom stereocenters. The van der Waals surface area contributed by atoms with E-state index < -0.39 is 0 Å². The van der Waals surface area contributed by atoms with Crippen LogP contribution in [0, 0.1) is 3.57 Å². The standard InChI is InChI=1S/C19H15Cl2IN2O3S/c1-3-27-17-12(22)7-10(8-14(17)26-2)9-15-18(25)24-19(28-15)23-13-6-4-5-11(20)16(13)21/h4-9H,3H2,1-2H3,(H,23,24,25)/b15-9+. The Hall–Kier alpha value is -1.42. The molecule has 0 saturated carbocycles. The Balaban J connectivity index is 1.90. The average Bonchev–Trinajstić information content (AvgIpc) is 3.00. The number of carbonyl (C=O) groups is 1.